The average Bonchev–Trinajstić information content (AvgIpc) is 3.03. The topological polar surface area (TPSA) is 131 Å². The first kappa shape index (κ1) is 37.0. The normalized spacial score (nSPS) is 12.3. The van der Waals surface area contributed by atoms with Crippen molar-refractivity contribution in [2.75, 3.05) is 0 Å². The minimum absolute atomic E-state index is 0.0511. The van der Waals surface area contributed by atoms with Crippen LogP contribution in [0.5, 0.6) is 17.2 Å². The van der Waals surface area contributed by atoms with Crippen LogP contribution < -0.4 is 14.2 Å². The number of benzene rings is 3. The van der Waals surface area contributed by atoms with Gasteiger partial charge in [-0.1, -0.05) is 64.5 Å². The standard InChI is InChI=1S/C37H48N2O8/c1-7-9-11-13-15-27(5)45-34-23-32(38(41)42)31(21-25(34)3)29-17-19-30(20-18-29)37(40)47-35-24-33(39(43)44)36(22-26(35)4)46-28(6)16-14-12-10-8-2/h17-24,27-28H,7-16H2,1-6H3. The Kier molecular flexibility index (Phi) is 14.2. The summed E-state index contributed by atoms with van der Waals surface area (Å²) >= 11 is 0. The van der Waals surface area contributed by atoms with Crippen LogP contribution in [0.3, 0.4) is 0 Å². The number of nitro benzene ring substituents is 2. The molecule has 254 valence electrons. The van der Waals surface area contributed by atoms with Crippen LogP contribution >= 0.6 is 0 Å². The second kappa shape index (κ2) is 18.0. The lowest BCUT2D eigenvalue weighted by Crippen LogP contribution is -2.14. The van der Waals surface area contributed by atoms with Gasteiger partial charge in [-0.05, 0) is 94.3 Å². The van der Waals surface area contributed by atoms with Crippen LogP contribution in [0, 0.1) is 34.1 Å². The number of carbonyl (C=O) groups is 1. The first-order valence-electron chi connectivity index (χ1n) is 16.7. The summed E-state index contributed by atoms with van der Waals surface area (Å²) in [6.07, 6.45) is 10.2. The Balaban J connectivity index is 1.76. The summed E-state index contributed by atoms with van der Waals surface area (Å²) in [5.74, 6) is -0.0511. The number of aryl methyl sites for hydroxylation is 2. The van der Waals surface area contributed by atoms with Gasteiger partial charge < -0.3 is 14.2 Å². The van der Waals surface area contributed by atoms with E-state index in [4.69, 9.17) is 14.2 Å². The van der Waals surface area contributed by atoms with Crippen molar-refractivity contribution in [2.24, 2.45) is 0 Å². The summed E-state index contributed by atoms with van der Waals surface area (Å²) in [5, 5.41) is 23.9. The fourth-order valence-electron chi connectivity index (χ4n) is 5.40. The van der Waals surface area contributed by atoms with Gasteiger partial charge >= 0.3 is 11.7 Å². The Morgan fingerprint density at radius 1 is 0.681 bits per heavy atom. The fraction of sp³-hybridized carbons (Fsp3) is 0.486. The van der Waals surface area contributed by atoms with Gasteiger partial charge in [-0.3, -0.25) is 20.2 Å². The molecular formula is C37H48N2O8. The van der Waals surface area contributed by atoms with Crippen molar-refractivity contribution >= 4 is 17.3 Å². The predicted molar refractivity (Wildman–Crippen MR) is 184 cm³/mol. The van der Waals surface area contributed by atoms with E-state index in [9.17, 15) is 25.0 Å². The summed E-state index contributed by atoms with van der Waals surface area (Å²) < 4.78 is 17.6. The van der Waals surface area contributed by atoms with Crippen molar-refractivity contribution in [3.8, 4) is 28.4 Å². The van der Waals surface area contributed by atoms with Crippen molar-refractivity contribution < 1.29 is 28.9 Å². The molecule has 0 spiro atoms. The molecule has 10 heteroatoms. The predicted octanol–water partition coefficient (Wildman–Crippen LogP) is 10.5. The molecular weight excluding hydrogens is 600 g/mol. The van der Waals surface area contributed by atoms with Crippen LogP contribution in [0.2, 0.25) is 0 Å². The van der Waals surface area contributed by atoms with Gasteiger partial charge in [0.1, 0.15) is 11.5 Å². The molecule has 0 N–H and O–H groups in total. The lowest BCUT2D eigenvalue weighted by molar-refractivity contribution is -0.386. The van der Waals surface area contributed by atoms with E-state index in [1.54, 1.807) is 25.1 Å². The third-order valence-corrected chi connectivity index (χ3v) is 8.16. The molecule has 3 rings (SSSR count). The van der Waals surface area contributed by atoms with Gasteiger partial charge in [0.25, 0.3) is 5.69 Å². The number of hydrogen-bond acceptors (Lipinski definition) is 8. The van der Waals surface area contributed by atoms with E-state index in [1.165, 1.54) is 36.8 Å². The molecule has 10 nitrogen and oxygen atoms in total. The van der Waals surface area contributed by atoms with Gasteiger partial charge in [-0.2, -0.15) is 0 Å². The number of hydrogen-bond donors (Lipinski definition) is 0. The van der Waals surface area contributed by atoms with Crippen LogP contribution in [0.15, 0.2) is 48.5 Å². The maximum atomic E-state index is 13.1. The molecule has 3 aromatic rings. The summed E-state index contributed by atoms with van der Waals surface area (Å²) in [5.41, 5.74) is 2.04. The number of nitro groups is 2. The molecule has 0 aliphatic heterocycles. The molecule has 0 radical (unpaired) electrons. The number of esters is 1. The minimum Gasteiger partial charge on any atom is -0.490 e. The minimum atomic E-state index is -0.714. The van der Waals surface area contributed by atoms with E-state index in [-0.39, 0.29) is 40.6 Å². The molecule has 47 heavy (non-hydrogen) atoms. The molecule has 0 aliphatic rings. The van der Waals surface area contributed by atoms with Gasteiger partial charge in [-0.15, -0.1) is 0 Å². The number of rotatable bonds is 19. The van der Waals surface area contributed by atoms with Crippen molar-refractivity contribution in [3.05, 3.63) is 85.4 Å². The Bertz CT molecular complexity index is 1520. The highest BCUT2D eigenvalue weighted by atomic mass is 16.6. The van der Waals surface area contributed by atoms with Crippen molar-refractivity contribution in [1.82, 2.24) is 0 Å². The highest BCUT2D eigenvalue weighted by molar-refractivity contribution is 5.92. The van der Waals surface area contributed by atoms with E-state index >= 15 is 0 Å². The molecule has 0 saturated heterocycles. The first-order chi connectivity index (χ1) is 22.4. The quantitative estimate of drug-likeness (QED) is 0.0412. The maximum Gasteiger partial charge on any atom is 0.343 e. The SMILES string of the molecule is CCCCCCC(C)Oc1cc([N+](=O)[O-])c(-c2ccc(C(=O)Oc3cc([N+](=O)[O-])c(OC(C)CCCCCC)cc3C)cc2)cc1C. The summed E-state index contributed by atoms with van der Waals surface area (Å²) in [4.78, 5) is 36.0. The van der Waals surface area contributed by atoms with Gasteiger partial charge in [0.15, 0.2) is 5.75 Å². The summed E-state index contributed by atoms with van der Waals surface area (Å²) in [7, 11) is 0. The molecule has 0 fully saturated rings. The number of ether oxygens (including phenoxy) is 3. The van der Waals surface area contributed by atoms with Crippen LogP contribution in [0.1, 0.15) is 113 Å². The number of unbranched alkanes of at least 4 members (excludes halogenated alkanes) is 6. The first-order valence-corrected chi connectivity index (χ1v) is 16.7. The van der Waals surface area contributed by atoms with Crippen molar-refractivity contribution in [1.29, 1.82) is 0 Å². The highest BCUT2D eigenvalue weighted by Gasteiger charge is 2.24. The molecule has 0 aliphatic carbocycles. The lowest BCUT2D eigenvalue weighted by atomic mass is 9.99. The van der Waals surface area contributed by atoms with Crippen molar-refractivity contribution in [3.63, 3.8) is 0 Å². The molecule has 0 heterocycles. The van der Waals surface area contributed by atoms with E-state index in [0.29, 0.717) is 22.4 Å². The molecule has 0 saturated carbocycles. The van der Waals surface area contributed by atoms with E-state index in [1.807, 2.05) is 20.8 Å². The summed E-state index contributed by atoms with van der Waals surface area (Å²) in [6, 6.07) is 12.2. The van der Waals surface area contributed by atoms with Crippen molar-refractivity contribution in [2.45, 2.75) is 118 Å². The second-order valence-corrected chi connectivity index (χ2v) is 12.3. The number of nitrogens with zero attached hydrogens (tertiary/aromatic N) is 2. The molecule has 0 bridgehead atoms. The Labute approximate surface area is 277 Å². The highest BCUT2D eigenvalue weighted by Crippen LogP contribution is 2.38. The number of carbonyl (C=O) groups excluding carboxylic acids is 1. The third-order valence-electron chi connectivity index (χ3n) is 8.16. The monoisotopic (exact) mass is 648 g/mol. The van der Waals surface area contributed by atoms with Gasteiger partial charge in [0, 0.05) is 0 Å². The van der Waals surface area contributed by atoms with E-state index in [0.717, 1.165) is 63.4 Å². The Morgan fingerprint density at radius 3 is 1.72 bits per heavy atom. The van der Waals surface area contributed by atoms with Crippen LogP contribution in [0.25, 0.3) is 11.1 Å². The zero-order chi connectivity index (χ0) is 34.5. The van der Waals surface area contributed by atoms with Gasteiger partial charge in [0.2, 0.25) is 0 Å². The second-order valence-electron chi connectivity index (χ2n) is 12.3. The Hall–Kier alpha value is -4.47. The van der Waals surface area contributed by atoms with Crippen LogP contribution in [-0.2, 0) is 0 Å². The lowest BCUT2D eigenvalue weighted by Gasteiger charge is -2.17. The van der Waals surface area contributed by atoms with E-state index in [2.05, 4.69) is 13.8 Å². The molecule has 3 aromatic carbocycles. The zero-order valence-corrected chi connectivity index (χ0v) is 28.5. The van der Waals surface area contributed by atoms with Gasteiger partial charge in [0.05, 0.1) is 45.3 Å². The summed E-state index contributed by atoms with van der Waals surface area (Å²) in [6.45, 7) is 11.7. The molecule has 2 atom stereocenters. The van der Waals surface area contributed by atoms with Gasteiger partial charge in [-0.25, -0.2) is 4.79 Å². The van der Waals surface area contributed by atoms with E-state index < -0.39 is 15.8 Å². The average molecular weight is 649 g/mol. The van der Waals surface area contributed by atoms with Crippen LogP contribution in [-0.4, -0.2) is 28.0 Å². The fourth-order valence-corrected chi connectivity index (χ4v) is 5.40. The smallest absolute Gasteiger partial charge is 0.343 e. The molecule has 0 amide bonds. The maximum absolute atomic E-state index is 13.1. The zero-order valence-electron chi connectivity index (χ0n) is 28.5. The molecule has 0 aromatic heterocycles. The third kappa shape index (κ3) is 10.8. The Morgan fingerprint density at radius 2 is 1.19 bits per heavy atom. The molecule has 2 unspecified atom stereocenters. The largest absolute Gasteiger partial charge is 0.490 e. The van der Waals surface area contributed by atoms with Crippen LogP contribution in [0.4, 0.5) is 11.4 Å².